The number of carbonyl (C=O) groups excluding carboxylic acids is 1. The molecule has 1 aromatic heterocycles. The Balaban J connectivity index is 0.00000363. The van der Waals surface area contributed by atoms with E-state index in [9.17, 15) is 18.0 Å². The number of nitrogens with zero attached hydrogens (tertiary/aromatic N) is 3. The molecule has 32 heavy (non-hydrogen) atoms. The van der Waals surface area contributed by atoms with E-state index in [1.165, 1.54) is 42.6 Å². The zero-order valence-corrected chi connectivity index (χ0v) is 19.5. The molecule has 0 unspecified atom stereocenters. The zero-order chi connectivity index (χ0) is 22.8. The Morgan fingerprint density at radius 2 is 1.59 bits per heavy atom. The smallest absolute Gasteiger partial charge is 0.416 e. The molecule has 0 radical (unpaired) electrons. The van der Waals surface area contributed by atoms with Crippen molar-refractivity contribution in [3.8, 4) is 11.5 Å². The fraction of sp³-hybridized carbons (Fsp3) is 0.333. The highest BCUT2D eigenvalue weighted by Gasteiger charge is 2.31. The number of aromatic nitrogens is 1. The maximum absolute atomic E-state index is 13.2. The molecule has 0 bridgehead atoms. The number of amides is 1. The molecule has 0 aliphatic rings. The summed E-state index contributed by atoms with van der Waals surface area (Å²) < 4.78 is 50.1. The molecule has 6 nitrogen and oxygen atoms in total. The molecule has 0 aliphatic carbocycles. The number of halogens is 4. The van der Waals surface area contributed by atoms with Gasteiger partial charge in [-0.15, -0.1) is 12.4 Å². The predicted octanol–water partition coefficient (Wildman–Crippen LogP) is 4.96. The first-order chi connectivity index (χ1) is 14.7. The number of thiazole rings is 1. The number of ether oxygens (including phenoxy) is 2. The first-order valence-electron chi connectivity index (χ1n) is 9.31. The first kappa shape index (κ1) is 25.7. The lowest BCUT2D eigenvalue weighted by Crippen LogP contribution is -2.36. The van der Waals surface area contributed by atoms with Crippen molar-refractivity contribution in [3.63, 3.8) is 0 Å². The Labute approximate surface area is 194 Å². The number of alkyl halides is 3. The second-order valence-corrected chi connectivity index (χ2v) is 7.96. The van der Waals surface area contributed by atoms with E-state index in [-0.39, 0.29) is 18.0 Å². The van der Waals surface area contributed by atoms with Gasteiger partial charge >= 0.3 is 6.18 Å². The van der Waals surface area contributed by atoms with Gasteiger partial charge in [-0.05, 0) is 50.5 Å². The van der Waals surface area contributed by atoms with Gasteiger partial charge in [-0.25, -0.2) is 4.98 Å². The molecular formula is C21H23ClF3N3O3S. The van der Waals surface area contributed by atoms with E-state index in [0.29, 0.717) is 39.9 Å². The molecule has 1 amide bonds. The molecule has 0 fully saturated rings. The van der Waals surface area contributed by atoms with Crippen LogP contribution >= 0.6 is 23.7 Å². The van der Waals surface area contributed by atoms with Crippen LogP contribution in [0.25, 0.3) is 10.2 Å². The summed E-state index contributed by atoms with van der Waals surface area (Å²) in [5.74, 6) is 0.689. The van der Waals surface area contributed by atoms with Gasteiger partial charge in [-0.3, -0.25) is 9.69 Å². The van der Waals surface area contributed by atoms with Crippen LogP contribution in [0.3, 0.4) is 0 Å². The molecule has 2 aromatic carbocycles. The van der Waals surface area contributed by atoms with E-state index < -0.39 is 17.6 Å². The lowest BCUT2D eigenvalue weighted by molar-refractivity contribution is -0.137. The number of likely N-dealkylation sites (N-methyl/N-ethyl adjacent to an activating group) is 1. The highest BCUT2D eigenvalue weighted by atomic mass is 35.5. The van der Waals surface area contributed by atoms with Gasteiger partial charge in [0.1, 0.15) is 21.7 Å². The normalized spacial score (nSPS) is 11.4. The lowest BCUT2D eigenvalue weighted by atomic mass is 10.1. The minimum absolute atomic E-state index is 0. The number of methoxy groups -OCH3 is 2. The van der Waals surface area contributed by atoms with E-state index in [2.05, 4.69) is 4.98 Å². The third kappa shape index (κ3) is 5.43. The van der Waals surface area contributed by atoms with Gasteiger partial charge in [0.25, 0.3) is 5.91 Å². The lowest BCUT2D eigenvalue weighted by Gasteiger charge is -2.22. The van der Waals surface area contributed by atoms with Crippen LogP contribution in [0.1, 0.15) is 15.9 Å². The number of hydrogen-bond donors (Lipinski definition) is 0. The Kier molecular flexibility index (Phi) is 8.33. The summed E-state index contributed by atoms with van der Waals surface area (Å²) >= 11 is 1.26. The fourth-order valence-corrected chi connectivity index (χ4v) is 4.03. The topological polar surface area (TPSA) is 54.9 Å². The Hall–Kier alpha value is -2.56. The van der Waals surface area contributed by atoms with Crippen molar-refractivity contribution in [1.82, 2.24) is 9.88 Å². The average Bonchev–Trinajstić information content (AvgIpc) is 3.17. The molecule has 0 saturated heterocycles. The number of hydrogen-bond acceptors (Lipinski definition) is 6. The van der Waals surface area contributed by atoms with Crippen LogP contribution in [-0.2, 0) is 6.18 Å². The van der Waals surface area contributed by atoms with E-state index in [0.717, 1.165) is 12.1 Å². The van der Waals surface area contributed by atoms with Crippen molar-refractivity contribution in [2.75, 3.05) is 46.3 Å². The predicted molar refractivity (Wildman–Crippen MR) is 122 cm³/mol. The standard InChI is InChI=1S/C21H22F3N3O3S.ClH/c1-26(2)11-12-27(19(28)13-5-7-14(8-6-13)21(22,23)24)20-25-17-15(29-3)9-10-16(30-4)18(17)31-20;/h5-10H,11-12H2,1-4H3;1H. The average molecular weight is 490 g/mol. The fourth-order valence-electron chi connectivity index (χ4n) is 2.93. The van der Waals surface area contributed by atoms with Crippen molar-refractivity contribution in [3.05, 3.63) is 47.5 Å². The summed E-state index contributed by atoms with van der Waals surface area (Å²) in [6.45, 7) is 0.841. The van der Waals surface area contributed by atoms with E-state index in [1.807, 2.05) is 19.0 Å². The molecule has 0 saturated carbocycles. The molecular weight excluding hydrogens is 467 g/mol. The van der Waals surface area contributed by atoms with Crippen LogP contribution in [0.2, 0.25) is 0 Å². The number of rotatable bonds is 7. The molecule has 174 valence electrons. The Morgan fingerprint density at radius 3 is 2.12 bits per heavy atom. The van der Waals surface area contributed by atoms with Gasteiger partial charge < -0.3 is 14.4 Å². The van der Waals surface area contributed by atoms with Crippen molar-refractivity contribution >= 4 is 45.0 Å². The van der Waals surface area contributed by atoms with Crippen LogP contribution in [-0.4, -0.2) is 57.2 Å². The van der Waals surface area contributed by atoms with Crippen molar-refractivity contribution < 1.29 is 27.4 Å². The summed E-state index contributed by atoms with van der Waals surface area (Å²) in [7, 11) is 6.80. The van der Waals surface area contributed by atoms with Gasteiger partial charge in [-0.1, -0.05) is 11.3 Å². The number of benzene rings is 2. The maximum Gasteiger partial charge on any atom is 0.416 e. The Morgan fingerprint density at radius 1 is 1.00 bits per heavy atom. The van der Waals surface area contributed by atoms with Crippen molar-refractivity contribution in [2.24, 2.45) is 0 Å². The molecule has 11 heteroatoms. The molecule has 0 spiro atoms. The minimum Gasteiger partial charge on any atom is -0.495 e. The largest absolute Gasteiger partial charge is 0.495 e. The van der Waals surface area contributed by atoms with E-state index in [1.54, 1.807) is 12.1 Å². The number of carbonyl (C=O) groups is 1. The highest BCUT2D eigenvalue weighted by Crippen LogP contribution is 2.40. The van der Waals surface area contributed by atoms with Gasteiger partial charge in [0.2, 0.25) is 0 Å². The molecule has 0 aliphatic heterocycles. The third-order valence-electron chi connectivity index (χ3n) is 4.61. The van der Waals surface area contributed by atoms with Gasteiger partial charge in [0, 0.05) is 18.7 Å². The maximum atomic E-state index is 13.2. The molecule has 0 N–H and O–H groups in total. The second kappa shape index (κ2) is 10.4. The van der Waals surface area contributed by atoms with E-state index in [4.69, 9.17) is 9.47 Å². The monoisotopic (exact) mass is 489 g/mol. The number of fused-ring (bicyclic) bond motifs is 1. The molecule has 1 heterocycles. The summed E-state index contributed by atoms with van der Waals surface area (Å²) in [5.41, 5.74) is -0.111. The summed E-state index contributed by atoms with van der Waals surface area (Å²) in [5, 5.41) is 0.407. The number of anilines is 1. The van der Waals surface area contributed by atoms with E-state index >= 15 is 0 Å². The van der Waals surface area contributed by atoms with Crippen molar-refractivity contribution in [2.45, 2.75) is 6.18 Å². The van der Waals surface area contributed by atoms with Crippen LogP contribution in [0.15, 0.2) is 36.4 Å². The van der Waals surface area contributed by atoms with Crippen molar-refractivity contribution in [1.29, 1.82) is 0 Å². The van der Waals surface area contributed by atoms with Gasteiger partial charge in [0.05, 0.1) is 19.8 Å². The van der Waals surface area contributed by atoms with Crippen LogP contribution < -0.4 is 14.4 Å². The van der Waals surface area contributed by atoms with Crippen LogP contribution in [0, 0.1) is 0 Å². The zero-order valence-electron chi connectivity index (χ0n) is 17.9. The minimum atomic E-state index is -4.47. The van der Waals surface area contributed by atoms with Gasteiger partial charge in [0.15, 0.2) is 5.13 Å². The van der Waals surface area contributed by atoms with Crippen LogP contribution in [0.4, 0.5) is 18.3 Å². The molecule has 3 aromatic rings. The summed E-state index contributed by atoms with van der Waals surface area (Å²) in [6, 6.07) is 7.66. The quantitative estimate of drug-likeness (QED) is 0.469. The highest BCUT2D eigenvalue weighted by molar-refractivity contribution is 7.22. The summed E-state index contributed by atoms with van der Waals surface area (Å²) in [6.07, 6.45) is -4.47. The molecule has 0 atom stereocenters. The molecule has 3 rings (SSSR count). The first-order valence-corrected chi connectivity index (χ1v) is 10.1. The summed E-state index contributed by atoms with van der Waals surface area (Å²) in [4.78, 5) is 21.2. The second-order valence-electron chi connectivity index (χ2n) is 6.98. The SMILES string of the molecule is COc1ccc(OC)c2sc(N(CCN(C)C)C(=O)c3ccc(C(F)(F)F)cc3)nc12.Cl. The van der Waals surface area contributed by atoms with Gasteiger partial charge in [-0.2, -0.15) is 13.2 Å². The van der Waals surface area contributed by atoms with Crippen LogP contribution in [0.5, 0.6) is 11.5 Å². The Bertz CT molecular complexity index is 1030. The third-order valence-corrected chi connectivity index (χ3v) is 5.70.